The average molecular weight is 333 g/mol. The molecule has 0 saturated carbocycles. The van der Waals surface area contributed by atoms with Crippen molar-refractivity contribution in [2.45, 2.75) is 40.2 Å². The third kappa shape index (κ3) is 5.20. The van der Waals surface area contributed by atoms with Crippen molar-refractivity contribution in [3.63, 3.8) is 0 Å². The topological polar surface area (TPSA) is 75.6 Å². The molecule has 0 unspecified atom stereocenters. The van der Waals surface area contributed by atoms with Crippen LogP contribution < -0.4 is 10.1 Å². The summed E-state index contributed by atoms with van der Waals surface area (Å²) in [5.41, 5.74) is -0.790. The van der Waals surface area contributed by atoms with Crippen molar-refractivity contribution in [3.05, 3.63) is 42.0 Å². The molecule has 0 aliphatic rings. The van der Waals surface area contributed by atoms with Crippen LogP contribution in [-0.2, 0) is 4.79 Å². The predicted molar refractivity (Wildman–Crippen MR) is 94.2 cm³/mol. The van der Waals surface area contributed by atoms with Crippen LogP contribution in [0, 0.1) is 5.41 Å². The largest absolute Gasteiger partial charge is 0.492 e. The molecule has 0 heterocycles. The van der Waals surface area contributed by atoms with Crippen molar-refractivity contribution in [1.29, 1.82) is 0 Å². The zero-order chi connectivity index (χ0) is 18.5. The van der Waals surface area contributed by atoms with Gasteiger partial charge in [0.05, 0.1) is 12.0 Å². The number of hydrogen-bond donors (Lipinski definition) is 2. The number of aliphatic hydroxyl groups is 1. The van der Waals surface area contributed by atoms with Crippen molar-refractivity contribution < 1.29 is 19.4 Å². The van der Waals surface area contributed by atoms with E-state index in [1.807, 2.05) is 20.8 Å². The van der Waals surface area contributed by atoms with E-state index >= 15 is 0 Å². The number of carbonyl (C=O) groups is 2. The van der Waals surface area contributed by atoms with Gasteiger partial charge >= 0.3 is 0 Å². The molecule has 0 fully saturated rings. The molecule has 24 heavy (non-hydrogen) atoms. The van der Waals surface area contributed by atoms with E-state index in [1.165, 1.54) is 13.8 Å². The summed E-state index contributed by atoms with van der Waals surface area (Å²) in [6.07, 6.45) is 0. The van der Waals surface area contributed by atoms with Gasteiger partial charge in [0, 0.05) is 5.56 Å². The normalized spacial score (nSPS) is 11.8. The van der Waals surface area contributed by atoms with Crippen LogP contribution in [0.2, 0.25) is 0 Å². The van der Waals surface area contributed by atoms with Gasteiger partial charge in [0.15, 0.2) is 5.78 Å². The smallest absolute Gasteiger partial charge is 0.229 e. The summed E-state index contributed by atoms with van der Waals surface area (Å²) in [6.45, 7) is 12.9. The second kappa shape index (κ2) is 7.62. The first-order valence-corrected chi connectivity index (χ1v) is 7.90. The molecule has 1 aromatic carbocycles. The lowest BCUT2D eigenvalue weighted by atomic mass is 9.85. The van der Waals surface area contributed by atoms with Crippen molar-refractivity contribution in [3.8, 4) is 5.75 Å². The zero-order valence-electron chi connectivity index (χ0n) is 15.1. The minimum Gasteiger partial charge on any atom is -0.492 e. The summed E-state index contributed by atoms with van der Waals surface area (Å²) < 4.78 is 5.54. The molecule has 5 nitrogen and oxygen atoms in total. The minimum atomic E-state index is -1.40. The molecule has 1 rings (SSSR count). The highest BCUT2D eigenvalue weighted by Crippen LogP contribution is 2.24. The number of nitrogens with one attached hydrogen (secondary N) is 1. The maximum atomic E-state index is 12.0. The quantitative estimate of drug-likeness (QED) is 0.436. The number of ketones is 1. The predicted octanol–water partition coefficient (Wildman–Crippen LogP) is 2.74. The van der Waals surface area contributed by atoms with E-state index in [0.717, 1.165) is 5.57 Å². The van der Waals surface area contributed by atoms with E-state index in [4.69, 9.17) is 4.74 Å². The molecular weight excluding hydrogens is 306 g/mol. The zero-order valence-corrected chi connectivity index (χ0v) is 15.1. The van der Waals surface area contributed by atoms with E-state index in [1.54, 1.807) is 24.3 Å². The number of Topliss-reactive ketones (excluding diaryl/α,β-unsaturated/α-hetero) is 1. The van der Waals surface area contributed by atoms with Crippen molar-refractivity contribution in [2.24, 2.45) is 5.41 Å². The van der Waals surface area contributed by atoms with Gasteiger partial charge < -0.3 is 15.2 Å². The van der Waals surface area contributed by atoms with Crippen LogP contribution in [0.4, 0.5) is 0 Å². The van der Waals surface area contributed by atoms with E-state index in [0.29, 0.717) is 24.5 Å². The van der Waals surface area contributed by atoms with Crippen molar-refractivity contribution in [1.82, 2.24) is 5.32 Å². The summed E-state index contributed by atoms with van der Waals surface area (Å²) in [5, 5.41) is 12.5. The highest BCUT2D eigenvalue weighted by atomic mass is 16.5. The van der Waals surface area contributed by atoms with Gasteiger partial charge in [-0.15, -0.1) is 0 Å². The third-order valence-corrected chi connectivity index (χ3v) is 3.96. The fourth-order valence-corrected chi connectivity index (χ4v) is 1.80. The van der Waals surface area contributed by atoms with Gasteiger partial charge in [0.2, 0.25) is 5.91 Å². The van der Waals surface area contributed by atoms with Gasteiger partial charge in [-0.3, -0.25) is 9.59 Å². The second-order valence-electron chi connectivity index (χ2n) is 6.92. The standard InChI is InChI=1S/C19H27NO4/c1-13(2)18(3,4)17(22)20-11-12-24-15-9-7-14(8-10-15)16(21)19(5,6)23/h7-10,23H,1,11-12H2,2-6H3,(H,20,22). The molecule has 0 bridgehead atoms. The number of benzene rings is 1. The maximum Gasteiger partial charge on any atom is 0.229 e. The lowest BCUT2D eigenvalue weighted by Crippen LogP contribution is -2.39. The first-order chi connectivity index (χ1) is 11.0. The molecule has 1 amide bonds. The molecular formula is C19H27NO4. The number of amides is 1. The lowest BCUT2D eigenvalue weighted by Gasteiger charge is -2.23. The van der Waals surface area contributed by atoms with Gasteiger partial charge in [-0.2, -0.15) is 0 Å². The SMILES string of the molecule is C=C(C)C(C)(C)C(=O)NCCOc1ccc(C(=O)C(C)(C)O)cc1. The Balaban J connectivity index is 2.48. The van der Waals surface area contributed by atoms with Crippen LogP contribution in [0.15, 0.2) is 36.4 Å². The third-order valence-electron chi connectivity index (χ3n) is 3.96. The van der Waals surface area contributed by atoms with Gasteiger partial charge in [0.25, 0.3) is 0 Å². The number of carbonyl (C=O) groups excluding carboxylic acids is 2. The van der Waals surface area contributed by atoms with Crippen LogP contribution in [0.25, 0.3) is 0 Å². The number of ether oxygens (including phenoxy) is 1. The Morgan fingerprint density at radius 2 is 1.71 bits per heavy atom. The highest BCUT2D eigenvalue weighted by Gasteiger charge is 2.28. The Kier molecular flexibility index (Phi) is 6.32. The highest BCUT2D eigenvalue weighted by molar-refractivity contribution is 6.01. The fraction of sp³-hybridized carbons (Fsp3) is 0.474. The molecule has 0 aliphatic heterocycles. The monoisotopic (exact) mass is 333 g/mol. The molecule has 132 valence electrons. The Hall–Kier alpha value is -2.14. The van der Waals surface area contributed by atoms with E-state index < -0.39 is 11.0 Å². The molecule has 0 aliphatic carbocycles. The first-order valence-electron chi connectivity index (χ1n) is 7.90. The summed E-state index contributed by atoms with van der Waals surface area (Å²) in [5.74, 6) is 0.156. The molecule has 5 heteroatoms. The van der Waals surface area contributed by atoms with E-state index in [2.05, 4.69) is 11.9 Å². The number of rotatable bonds is 8. The summed E-state index contributed by atoms with van der Waals surface area (Å²) in [6, 6.07) is 6.55. The van der Waals surface area contributed by atoms with Crippen LogP contribution in [-0.4, -0.2) is 35.5 Å². The molecule has 0 aromatic heterocycles. The first kappa shape index (κ1) is 19.9. The minimum absolute atomic E-state index is 0.0929. The van der Waals surface area contributed by atoms with Gasteiger partial charge in [-0.05, 0) is 58.9 Å². The Bertz CT molecular complexity index is 609. The molecule has 2 N–H and O–H groups in total. The molecule has 0 saturated heterocycles. The van der Waals surface area contributed by atoms with E-state index in [9.17, 15) is 14.7 Å². The molecule has 0 radical (unpaired) electrons. The summed E-state index contributed by atoms with van der Waals surface area (Å²) in [4.78, 5) is 24.0. The van der Waals surface area contributed by atoms with Crippen LogP contribution in [0.3, 0.4) is 0 Å². The van der Waals surface area contributed by atoms with Crippen LogP contribution in [0.5, 0.6) is 5.75 Å². The maximum absolute atomic E-state index is 12.0. The molecule has 0 spiro atoms. The van der Waals surface area contributed by atoms with Crippen LogP contribution >= 0.6 is 0 Å². The molecule has 0 atom stereocenters. The fourth-order valence-electron chi connectivity index (χ4n) is 1.80. The van der Waals surface area contributed by atoms with E-state index in [-0.39, 0.29) is 11.7 Å². The Morgan fingerprint density at radius 3 is 2.17 bits per heavy atom. The Labute approximate surface area is 143 Å². The van der Waals surface area contributed by atoms with Crippen molar-refractivity contribution >= 4 is 11.7 Å². The van der Waals surface area contributed by atoms with Gasteiger partial charge in [-0.1, -0.05) is 12.2 Å². The average Bonchev–Trinajstić information content (AvgIpc) is 2.50. The lowest BCUT2D eigenvalue weighted by molar-refractivity contribution is -0.127. The number of hydrogen-bond acceptors (Lipinski definition) is 4. The van der Waals surface area contributed by atoms with Crippen molar-refractivity contribution in [2.75, 3.05) is 13.2 Å². The Morgan fingerprint density at radius 1 is 1.17 bits per heavy atom. The summed E-state index contributed by atoms with van der Waals surface area (Å²) in [7, 11) is 0. The van der Waals surface area contributed by atoms with Crippen LogP contribution in [0.1, 0.15) is 45.0 Å². The molecule has 1 aromatic rings. The summed E-state index contributed by atoms with van der Waals surface area (Å²) >= 11 is 0. The second-order valence-corrected chi connectivity index (χ2v) is 6.92. The van der Waals surface area contributed by atoms with Gasteiger partial charge in [-0.25, -0.2) is 0 Å². The van der Waals surface area contributed by atoms with Gasteiger partial charge in [0.1, 0.15) is 18.0 Å².